The number of aryl methyl sites for hydroxylation is 1. The first-order valence-electron chi connectivity index (χ1n) is 10.1. The Morgan fingerprint density at radius 2 is 1.59 bits per heavy atom. The van der Waals surface area contributed by atoms with Gasteiger partial charge < -0.3 is 9.80 Å². The van der Waals surface area contributed by atoms with Crippen LogP contribution in [0.2, 0.25) is 0 Å². The number of carbonyl (C=O) groups is 2. The molecule has 152 valence electrons. The molecule has 0 atom stereocenters. The molecule has 1 fully saturated rings. The Bertz CT molecular complexity index is 970. The number of anilines is 1. The molecule has 0 N–H and O–H groups in total. The predicted octanol–water partition coefficient (Wildman–Crippen LogP) is 3.68. The van der Waals surface area contributed by atoms with Gasteiger partial charge in [-0.25, -0.2) is 0 Å². The molecule has 6 heteroatoms. The molecule has 1 aromatic carbocycles. The maximum Gasteiger partial charge on any atom is 0.278 e. The number of thiophene rings is 1. The van der Waals surface area contributed by atoms with E-state index in [4.69, 9.17) is 0 Å². The number of hydrogen-bond donors (Lipinski definition) is 0. The molecule has 0 spiro atoms. The van der Waals surface area contributed by atoms with E-state index in [2.05, 4.69) is 41.8 Å². The van der Waals surface area contributed by atoms with Crippen molar-refractivity contribution < 1.29 is 9.59 Å². The monoisotopic (exact) mass is 409 g/mol. The van der Waals surface area contributed by atoms with Gasteiger partial charge >= 0.3 is 0 Å². The second-order valence-electron chi connectivity index (χ2n) is 7.97. The van der Waals surface area contributed by atoms with E-state index in [0.29, 0.717) is 11.3 Å². The third-order valence-corrected chi connectivity index (χ3v) is 6.77. The van der Waals surface area contributed by atoms with Gasteiger partial charge in [0.05, 0.1) is 5.57 Å². The molecule has 0 saturated carbocycles. The summed E-state index contributed by atoms with van der Waals surface area (Å²) < 4.78 is 0. The maximum absolute atomic E-state index is 13.2. The van der Waals surface area contributed by atoms with E-state index in [9.17, 15) is 9.59 Å². The molecule has 2 aliphatic rings. The standard InChI is InChI=1S/C23H27N3O2S/c1-15(2)26-22(27)20(19-9-6-14-29-19)21(23(26)28)25-12-10-24(11-13-25)18-8-5-7-16(3)17(18)4/h5-9,14-15H,10-13H2,1-4H3. The zero-order chi connectivity index (χ0) is 20.7. The molecule has 1 saturated heterocycles. The van der Waals surface area contributed by atoms with Crippen molar-refractivity contribution in [2.24, 2.45) is 0 Å². The summed E-state index contributed by atoms with van der Waals surface area (Å²) in [7, 11) is 0. The van der Waals surface area contributed by atoms with Crippen LogP contribution in [0.25, 0.3) is 5.57 Å². The SMILES string of the molecule is Cc1cccc(N2CCN(C3=C(c4cccs4)C(=O)N(C(C)C)C3=O)CC2)c1C. The van der Waals surface area contributed by atoms with E-state index >= 15 is 0 Å². The van der Waals surface area contributed by atoms with Gasteiger partial charge in [-0.1, -0.05) is 18.2 Å². The molecule has 0 aliphatic carbocycles. The smallest absolute Gasteiger partial charge is 0.278 e. The van der Waals surface area contributed by atoms with Crippen molar-refractivity contribution in [3.05, 3.63) is 57.4 Å². The molecule has 4 rings (SSSR count). The second kappa shape index (κ2) is 7.67. The van der Waals surface area contributed by atoms with Crippen molar-refractivity contribution in [3.8, 4) is 0 Å². The van der Waals surface area contributed by atoms with Gasteiger partial charge in [-0.15, -0.1) is 11.3 Å². The predicted molar refractivity (Wildman–Crippen MR) is 118 cm³/mol. The number of benzene rings is 1. The lowest BCUT2D eigenvalue weighted by molar-refractivity contribution is -0.139. The van der Waals surface area contributed by atoms with Crippen LogP contribution in [-0.2, 0) is 9.59 Å². The van der Waals surface area contributed by atoms with Crippen molar-refractivity contribution in [1.82, 2.24) is 9.80 Å². The molecule has 5 nitrogen and oxygen atoms in total. The topological polar surface area (TPSA) is 43.9 Å². The van der Waals surface area contributed by atoms with Gasteiger partial charge in [0.15, 0.2) is 0 Å². The summed E-state index contributed by atoms with van der Waals surface area (Å²) in [5.41, 5.74) is 5.00. The Morgan fingerprint density at radius 1 is 0.897 bits per heavy atom. The van der Waals surface area contributed by atoms with Crippen molar-refractivity contribution in [2.75, 3.05) is 31.1 Å². The van der Waals surface area contributed by atoms with Gasteiger partial charge in [0.1, 0.15) is 5.70 Å². The number of piperazine rings is 1. The summed E-state index contributed by atoms with van der Waals surface area (Å²) in [6, 6.07) is 10.1. The summed E-state index contributed by atoms with van der Waals surface area (Å²) in [6.07, 6.45) is 0. The van der Waals surface area contributed by atoms with Crippen LogP contribution in [0, 0.1) is 13.8 Å². The minimum absolute atomic E-state index is 0.154. The quantitative estimate of drug-likeness (QED) is 0.723. The molecule has 3 heterocycles. The van der Waals surface area contributed by atoms with Crippen molar-refractivity contribution in [2.45, 2.75) is 33.7 Å². The molecule has 2 amide bonds. The molecule has 0 unspecified atom stereocenters. The lowest BCUT2D eigenvalue weighted by Gasteiger charge is -2.38. The highest BCUT2D eigenvalue weighted by Gasteiger charge is 2.43. The molecule has 2 aromatic rings. The van der Waals surface area contributed by atoms with Crippen LogP contribution >= 0.6 is 11.3 Å². The van der Waals surface area contributed by atoms with Gasteiger partial charge in [0.2, 0.25) is 0 Å². The van der Waals surface area contributed by atoms with E-state index in [1.165, 1.54) is 33.1 Å². The van der Waals surface area contributed by atoms with Gasteiger partial charge in [-0.2, -0.15) is 0 Å². The highest BCUT2D eigenvalue weighted by Crippen LogP contribution is 2.35. The fourth-order valence-electron chi connectivity index (χ4n) is 4.19. The van der Waals surface area contributed by atoms with Crippen LogP contribution in [-0.4, -0.2) is 53.8 Å². The Labute approximate surface area is 176 Å². The second-order valence-corrected chi connectivity index (χ2v) is 8.92. The van der Waals surface area contributed by atoms with Crippen LogP contribution in [0.5, 0.6) is 0 Å². The Kier molecular flexibility index (Phi) is 5.21. The number of imide groups is 1. The normalized spacial score (nSPS) is 17.9. The third-order valence-electron chi connectivity index (χ3n) is 5.89. The summed E-state index contributed by atoms with van der Waals surface area (Å²) in [5, 5.41) is 1.95. The Morgan fingerprint density at radius 3 is 2.21 bits per heavy atom. The number of hydrogen-bond acceptors (Lipinski definition) is 5. The van der Waals surface area contributed by atoms with Gasteiger partial charge in [0, 0.05) is 42.8 Å². The summed E-state index contributed by atoms with van der Waals surface area (Å²) >= 11 is 1.51. The van der Waals surface area contributed by atoms with Crippen LogP contribution in [0.4, 0.5) is 5.69 Å². The Balaban J connectivity index is 1.62. The van der Waals surface area contributed by atoms with Gasteiger partial charge in [-0.3, -0.25) is 14.5 Å². The summed E-state index contributed by atoms with van der Waals surface area (Å²) in [4.78, 5) is 33.1. The van der Waals surface area contributed by atoms with Crippen LogP contribution in [0.3, 0.4) is 0 Å². The zero-order valence-corrected chi connectivity index (χ0v) is 18.3. The first kappa shape index (κ1) is 19.7. The van der Waals surface area contributed by atoms with E-state index in [-0.39, 0.29) is 17.9 Å². The molecule has 1 aromatic heterocycles. The number of nitrogens with zero attached hydrogens (tertiary/aromatic N) is 3. The minimum Gasteiger partial charge on any atom is -0.368 e. The largest absolute Gasteiger partial charge is 0.368 e. The molecule has 2 aliphatic heterocycles. The van der Waals surface area contributed by atoms with Crippen molar-refractivity contribution in [1.29, 1.82) is 0 Å². The van der Waals surface area contributed by atoms with Gasteiger partial charge in [-0.05, 0) is 56.3 Å². The van der Waals surface area contributed by atoms with Crippen LogP contribution in [0.1, 0.15) is 29.9 Å². The van der Waals surface area contributed by atoms with E-state index in [1.807, 2.05) is 31.4 Å². The van der Waals surface area contributed by atoms with E-state index in [1.54, 1.807) is 0 Å². The minimum atomic E-state index is -0.167. The van der Waals surface area contributed by atoms with E-state index < -0.39 is 0 Å². The van der Waals surface area contributed by atoms with Crippen molar-refractivity contribution in [3.63, 3.8) is 0 Å². The number of carbonyl (C=O) groups excluding carboxylic acids is 2. The van der Waals surface area contributed by atoms with Crippen LogP contribution < -0.4 is 4.90 Å². The van der Waals surface area contributed by atoms with Crippen molar-refractivity contribution >= 4 is 34.4 Å². The maximum atomic E-state index is 13.2. The average Bonchev–Trinajstić information content (AvgIpc) is 3.30. The highest BCUT2D eigenvalue weighted by atomic mass is 32.1. The number of amides is 2. The fraction of sp³-hybridized carbons (Fsp3) is 0.391. The van der Waals surface area contributed by atoms with Gasteiger partial charge in [0.25, 0.3) is 11.8 Å². The highest BCUT2D eigenvalue weighted by molar-refractivity contribution is 7.11. The van der Waals surface area contributed by atoms with Crippen LogP contribution in [0.15, 0.2) is 41.4 Å². The fourth-order valence-corrected chi connectivity index (χ4v) is 4.95. The summed E-state index contributed by atoms with van der Waals surface area (Å²) in [6.45, 7) is 11.2. The van der Waals surface area contributed by atoms with E-state index in [0.717, 1.165) is 31.1 Å². The first-order valence-corrected chi connectivity index (χ1v) is 11.0. The average molecular weight is 410 g/mol. The molecular weight excluding hydrogens is 382 g/mol. The third kappa shape index (κ3) is 3.35. The number of rotatable bonds is 4. The zero-order valence-electron chi connectivity index (χ0n) is 17.4. The lowest BCUT2D eigenvalue weighted by atomic mass is 10.1. The molecule has 0 radical (unpaired) electrons. The lowest BCUT2D eigenvalue weighted by Crippen LogP contribution is -2.48. The first-order chi connectivity index (χ1) is 13.9. The summed E-state index contributed by atoms with van der Waals surface area (Å²) in [5.74, 6) is -0.326. The molecule has 29 heavy (non-hydrogen) atoms. The molecular formula is C23H27N3O2S. The molecule has 0 bridgehead atoms. The Hall–Kier alpha value is -2.60.